The fraction of sp³-hybridized carbons (Fsp3) is 0.455. The third kappa shape index (κ3) is 3.41. The summed E-state index contributed by atoms with van der Waals surface area (Å²) in [5, 5.41) is 8.95. The molecule has 0 radical (unpaired) electrons. The number of aliphatic hydroxyl groups excluding tert-OH is 1. The third-order valence-corrected chi connectivity index (χ3v) is 3.99. The van der Waals surface area contributed by atoms with Gasteiger partial charge in [0.25, 0.3) is 0 Å². The highest BCUT2D eigenvalue weighted by Crippen LogP contribution is 2.20. The molecule has 0 aliphatic carbocycles. The van der Waals surface area contributed by atoms with E-state index < -0.39 is 21.9 Å². The lowest BCUT2D eigenvalue weighted by Gasteiger charge is -2.14. The van der Waals surface area contributed by atoms with Crippen LogP contribution in [-0.2, 0) is 10.0 Å². The second kappa shape index (κ2) is 6.12. The summed E-state index contributed by atoms with van der Waals surface area (Å²) < 4.78 is 44.2. The number of benzene rings is 1. The van der Waals surface area contributed by atoms with E-state index in [2.05, 4.69) is 4.72 Å². The average molecular weight is 277 g/mol. The van der Waals surface area contributed by atoms with Gasteiger partial charge in [-0.3, -0.25) is 0 Å². The third-order valence-electron chi connectivity index (χ3n) is 2.47. The van der Waals surface area contributed by atoms with Gasteiger partial charge in [-0.15, -0.1) is 0 Å². The second-order valence-electron chi connectivity index (χ2n) is 3.71. The number of methoxy groups -OCH3 is 1. The zero-order chi connectivity index (χ0) is 13.8. The molecule has 18 heavy (non-hydrogen) atoms. The largest absolute Gasteiger partial charge is 0.494 e. The maximum absolute atomic E-state index is 13.4. The number of nitrogens with one attached hydrogen (secondary N) is 1. The molecule has 0 aliphatic rings. The topological polar surface area (TPSA) is 75.6 Å². The van der Waals surface area contributed by atoms with Gasteiger partial charge in [-0.25, -0.2) is 17.5 Å². The standard InChI is InChI=1S/C11H16FNO4S/c1-3-8(7-14)13-18(15,16)9-4-5-11(17-2)10(12)6-9/h4-6,8,13-14H,3,7H2,1-2H3. The molecule has 1 atom stereocenters. The molecule has 0 amide bonds. The highest BCUT2D eigenvalue weighted by atomic mass is 32.2. The fourth-order valence-electron chi connectivity index (χ4n) is 1.35. The van der Waals surface area contributed by atoms with Gasteiger partial charge in [0, 0.05) is 6.04 Å². The molecular formula is C11H16FNO4S. The molecule has 0 fully saturated rings. The van der Waals surface area contributed by atoms with Crippen molar-refractivity contribution in [3.05, 3.63) is 24.0 Å². The summed E-state index contributed by atoms with van der Waals surface area (Å²) in [5.41, 5.74) is 0. The summed E-state index contributed by atoms with van der Waals surface area (Å²) in [6, 6.07) is 2.78. The van der Waals surface area contributed by atoms with E-state index in [0.717, 1.165) is 6.07 Å². The van der Waals surface area contributed by atoms with Crippen LogP contribution in [0, 0.1) is 5.82 Å². The van der Waals surface area contributed by atoms with Crippen LogP contribution in [0.5, 0.6) is 5.75 Å². The Morgan fingerprint density at radius 3 is 2.61 bits per heavy atom. The molecule has 1 aromatic rings. The van der Waals surface area contributed by atoms with Gasteiger partial charge < -0.3 is 9.84 Å². The number of rotatable bonds is 6. The molecule has 0 aliphatic heterocycles. The molecular weight excluding hydrogens is 261 g/mol. The van der Waals surface area contributed by atoms with Crippen LogP contribution >= 0.6 is 0 Å². The zero-order valence-electron chi connectivity index (χ0n) is 10.2. The van der Waals surface area contributed by atoms with Crippen LogP contribution in [0.15, 0.2) is 23.1 Å². The minimum absolute atomic E-state index is 0.0249. The summed E-state index contributed by atoms with van der Waals surface area (Å²) in [6.07, 6.45) is 0.439. The van der Waals surface area contributed by atoms with E-state index in [1.807, 2.05) is 0 Å². The molecule has 0 spiro atoms. The molecule has 0 saturated heterocycles. The first kappa shape index (κ1) is 14.9. The van der Waals surface area contributed by atoms with Gasteiger partial charge in [0.2, 0.25) is 10.0 Å². The van der Waals surface area contributed by atoms with Crippen LogP contribution in [0.1, 0.15) is 13.3 Å². The van der Waals surface area contributed by atoms with Gasteiger partial charge in [-0.2, -0.15) is 0 Å². The van der Waals surface area contributed by atoms with Crippen molar-refractivity contribution in [1.29, 1.82) is 0 Å². The Hall–Kier alpha value is -1.18. The van der Waals surface area contributed by atoms with E-state index in [1.165, 1.54) is 19.2 Å². The lowest BCUT2D eigenvalue weighted by molar-refractivity contribution is 0.254. The average Bonchev–Trinajstić information content (AvgIpc) is 2.35. The van der Waals surface area contributed by atoms with Crippen molar-refractivity contribution in [1.82, 2.24) is 4.72 Å². The van der Waals surface area contributed by atoms with Crippen molar-refractivity contribution < 1.29 is 22.7 Å². The number of hydrogen-bond donors (Lipinski definition) is 2. The molecule has 102 valence electrons. The first-order valence-corrected chi connectivity index (χ1v) is 6.89. The van der Waals surface area contributed by atoms with E-state index in [-0.39, 0.29) is 17.3 Å². The molecule has 1 rings (SSSR count). The number of ether oxygens (including phenoxy) is 1. The summed E-state index contributed by atoms with van der Waals surface area (Å²) in [6.45, 7) is 1.42. The van der Waals surface area contributed by atoms with Crippen LogP contribution in [-0.4, -0.2) is 33.3 Å². The predicted molar refractivity (Wildman–Crippen MR) is 64.4 cm³/mol. The van der Waals surface area contributed by atoms with Gasteiger partial charge in [-0.1, -0.05) is 6.92 Å². The Balaban J connectivity index is 3.02. The Morgan fingerprint density at radius 2 is 2.17 bits per heavy atom. The van der Waals surface area contributed by atoms with Gasteiger partial charge in [0.05, 0.1) is 18.6 Å². The molecule has 0 aromatic heterocycles. The van der Waals surface area contributed by atoms with Crippen LogP contribution in [0.3, 0.4) is 0 Å². The summed E-state index contributed by atoms with van der Waals surface area (Å²) >= 11 is 0. The quantitative estimate of drug-likeness (QED) is 0.809. The monoisotopic (exact) mass is 277 g/mol. The minimum Gasteiger partial charge on any atom is -0.494 e. The number of sulfonamides is 1. The Morgan fingerprint density at radius 1 is 1.50 bits per heavy atom. The molecule has 0 bridgehead atoms. The first-order valence-electron chi connectivity index (χ1n) is 5.41. The van der Waals surface area contributed by atoms with Crippen molar-refractivity contribution in [3.63, 3.8) is 0 Å². The maximum Gasteiger partial charge on any atom is 0.241 e. The zero-order valence-corrected chi connectivity index (χ0v) is 11.0. The Labute approximate surface area is 106 Å². The van der Waals surface area contributed by atoms with E-state index in [1.54, 1.807) is 6.92 Å². The van der Waals surface area contributed by atoms with E-state index in [9.17, 15) is 12.8 Å². The molecule has 0 saturated carbocycles. The maximum atomic E-state index is 13.4. The normalized spacial score (nSPS) is 13.3. The van der Waals surface area contributed by atoms with Crippen molar-refractivity contribution in [3.8, 4) is 5.75 Å². The first-order chi connectivity index (χ1) is 8.44. The van der Waals surface area contributed by atoms with Crippen LogP contribution < -0.4 is 9.46 Å². The molecule has 1 unspecified atom stereocenters. The van der Waals surface area contributed by atoms with E-state index >= 15 is 0 Å². The van der Waals surface area contributed by atoms with E-state index in [0.29, 0.717) is 6.42 Å². The summed E-state index contributed by atoms with van der Waals surface area (Å²) in [5.74, 6) is -0.777. The highest BCUT2D eigenvalue weighted by molar-refractivity contribution is 7.89. The van der Waals surface area contributed by atoms with Crippen molar-refractivity contribution in [2.75, 3.05) is 13.7 Å². The predicted octanol–water partition coefficient (Wildman–Crippen LogP) is 0.883. The van der Waals surface area contributed by atoms with Gasteiger partial charge in [-0.05, 0) is 24.6 Å². The van der Waals surface area contributed by atoms with Crippen molar-refractivity contribution in [2.24, 2.45) is 0 Å². The van der Waals surface area contributed by atoms with Gasteiger partial charge in [0.15, 0.2) is 11.6 Å². The van der Waals surface area contributed by atoms with E-state index in [4.69, 9.17) is 9.84 Å². The molecule has 7 heteroatoms. The fourth-order valence-corrected chi connectivity index (χ4v) is 2.67. The minimum atomic E-state index is -3.84. The second-order valence-corrected chi connectivity index (χ2v) is 5.42. The Bertz CT molecular complexity index is 500. The van der Waals surface area contributed by atoms with Crippen molar-refractivity contribution >= 4 is 10.0 Å². The Kier molecular flexibility index (Phi) is 5.06. The number of hydrogen-bond acceptors (Lipinski definition) is 4. The lowest BCUT2D eigenvalue weighted by Crippen LogP contribution is -2.36. The van der Waals surface area contributed by atoms with Crippen LogP contribution in [0.2, 0.25) is 0 Å². The smallest absolute Gasteiger partial charge is 0.241 e. The van der Waals surface area contributed by atoms with Crippen LogP contribution in [0.4, 0.5) is 4.39 Å². The van der Waals surface area contributed by atoms with Crippen molar-refractivity contribution in [2.45, 2.75) is 24.3 Å². The molecule has 1 aromatic carbocycles. The van der Waals surface area contributed by atoms with Crippen LogP contribution in [0.25, 0.3) is 0 Å². The molecule has 5 nitrogen and oxygen atoms in total. The lowest BCUT2D eigenvalue weighted by atomic mass is 10.3. The molecule has 2 N–H and O–H groups in total. The summed E-state index contributed by atoms with van der Waals surface area (Å²) in [7, 11) is -2.54. The SMILES string of the molecule is CCC(CO)NS(=O)(=O)c1ccc(OC)c(F)c1. The number of aliphatic hydroxyl groups is 1. The highest BCUT2D eigenvalue weighted by Gasteiger charge is 2.20. The number of halogens is 1. The summed E-state index contributed by atoms with van der Waals surface area (Å²) in [4.78, 5) is -0.201. The van der Waals surface area contributed by atoms with Gasteiger partial charge >= 0.3 is 0 Å². The molecule has 0 heterocycles. The van der Waals surface area contributed by atoms with Gasteiger partial charge in [0.1, 0.15) is 0 Å².